The van der Waals surface area contributed by atoms with Crippen molar-refractivity contribution in [2.75, 3.05) is 11.4 Å². The molecular formula is C14H16F3N3. The minimum atomic E-state index is -4.49. The van der Waals surface area contributed by atoms with E-state index in [2.05, 4.69) is 4.98 Å². The van der Waals surface area contributed by atoms with E-state index in [1.807, 2.05) is 24.8 Å². The molecule has 1 fully saturated rings. The number of aromatic nitrogens is 1. The van der Waals surface area contributed by atoms with Crippen LogP contribution in [0.15, 0.2) is 12.1 Å². The van der Waals surface area contributed by atoms with Crippen LogP contribution in [-0.2, 0) is 6.18 Å². The summed E-state index contributed by atoms with van der Waals surface area (Å²) in [7, 11) is 0. The minimum Gasteiger partial charge on any atom is -0.352 e. The van der Waals surface area contributed by atoms with Crippen molar-refractivity contribution >= 4 is 5.82 Å². The molecule has 0 radical (unpaired) electrons. The van der Waals surface area contributed by atoms with E-state index < -0.39 is 11.9 Å². The van der Waals surface area contributed by atoms with E-state index in [1.165, 1.54) is 6.07 Å². The van der Waals surface area contributed by atoms with E-state index >= 15 is 0 Å². The van der Waals surface area contributed by atoms with Crippen molar-refractivity contribution in [3.63, 3.8) is 0 Å². The van der Waals surface area contributed by atoms with Gasteiger partial charge < -0.3 is 4.90 Å². The summed E-state index contributed by atoms with van der Waals surface area (Å²) in [5.74, 6) is 0.456. The number of alkyl halides is 3. The molecule has 0 N–H and O–H groups in total. The monoisotopic (exact) mass is 283 g/mol. The Hall–Kier alpha value is -1.77. The Balaban J connectivity index is 2.43. The number of nitriles is 1. The van der Waals surface area contributed by atoms with Crippen LogP contribution in [0, 0.1) is 17.2 Å². The molecule has 20 heavy (non-hydrogen) atoms. The first kappa shape index (κ1) is 14.6. The highest BCUT2D eigenvalue weighted by Gasteiger charge is 2.36. The summed E-state index contributed by atoms with van der Waals surface area (Å²) in [6, 6.07) is 4.22. The van der Waals surface area contributed by atoms with Gasteiger partial charge in [-0.05, 0) is 30.9 Å². The van der Waals surface area contributed by atoms with Gasteiger partial charge in [0.15, 0.2) is 0 Å². The third-order valence-electron chi connectivity index (χ3n) is 3.11. The standard InChI is InChI=1S/C14H16F3N3/c1-9(2)8-20(11-4-5-11)13-10(7-18)3-6-12(19-13)14(15,16)17/h3,6,9,11H,4-5,8H2,1-2H3. The van der Waals surface area contributed by atoms with Crippen LogP contribution in [0.2, 0.25) is 0 Å². The molecule has 6 heteroatoms. The second-order valence-electron chi connectivity index (χ2n) is 5.45. The van der Waals surface area contributed by atoms with Gasteiger partial charge in [0, 0.05) is 12.6 Å². The maximum absolute atomic E-state index is 12.8. The van der Waals surface area contributed by atoms with Gasteiger partial charge in [-0.1, -0.05) is 13.8 Å². The zero-order valence-corrected chi connectivity index (χ0v) is 11.4. The van der Waals surface area contributed by atoms with Gasteiger partial charge in [-0.15, -0.1) is 0 Å². The Morgan fingerprint density at radius 2 is 2.05 bits per heavy atom. The average Bonchev–Trinajstić information content (AvgIpc) is 3.18. The van der Waals surface area contributed by atoms with Crippen molar-refractivity contribution in [1.82, 2.24) is 4.98 Å². The van der Waals surface area contributed by atoms with Gasteiger partial charge in [0.1, 0.15) is 17.6 Å². The molecule has 1 heterocycles. The number of hydrogen-bond acceptors (Lipinski definition) is 3. The summed E-state index contributed by atoms with van der Waals surface area (Å²) >= 11 is 0. The molecule has 0 amide bonds. The molecule has 0 spiro atoms. The molecular weight excluding hydrogens is 267 g/mol. The number of nitrogens with zero attached hydrogens (tertiary/aromatic N) is 3. The van der Waals surface area contributed by atoms with Gasteiger partial charge in [-0.25, -0.2) is 4.98 Å². The van der Waals surface area contributed by atoms with Gasteiger partial charge in [0.2, 0.25) is 0 Å². The van der Waals surface area contributed by atoms with E-state index in [4.69, 9.17) is 5.26 Å². The van der Waals surface area contributed by atoms with Crippen molar-refractivity contribution < 1.29 is 13.2 Å². The molecule has 3 nitrogen and oxygen atoms in total. The number of pyridine rings is 1. The van der Waals surface area contributed by atoms with Crippen molar-refractivity contribution in [3.8, 4) is 6.07 Å². The van der Waals surface area contributed by atoms with Gasteiger partial charge in [0.05, 0.1) is 5.56 Å². The van der Waals surface area contributed by atoms with Crippen molar-refractivity contribution in [3.05, 3.63) is 23.4 Å². The lowest BCUT2D eigenvalue weighted by Gasteiger charge is -2.27. The molecule has 1 aliphatic rings. The first-order valence-electron chi connectivity index (χ1n) is 6.58. The fraction of sp³-hybridized carbons (Fsp3) is 0.571. The van der Waals surface area contributed by atoms with E-state index in [1.54, 1.807) is 0 Å². The SMILES string of the molecule is CC(C)CN(c1nc(C(F)(F)F)ccc1C#N)C1CC1. The molecule has 0 aliphatic heterocycles. The fourth-order valence-corrected chi connectivity index (χ4v) is 2.10. The minimum absolute atomic E-state index is 0.165. The number of hydrogen-bond donors (Lipinski definition) is 0. The molecule has 0 atom stereocenters. The highest BCUT2D eigenvalue weighted by molar-refractivity contribution is 5.56. The zero-order chi connectivity index (χ0) is 14.9. The Kier molecular flexibility index (Phi) is 3.89. The molecule has 108 valence electrons. The molecule has 1 aromatic rings. The molecule has 1 saturated carbocycles. The summed E-state index contributed by atoms with van der Waals surface area (Å²) in [5.41, 5.74) is -0.744. The topological polar surface area (TPSA) is 39.9 Å². The normalized spacial score (nSPS) is 15.2. The largest absolute Gasteiger partial charge is 0.433 e. The quantitative estimate of drug-likeness (QED) is 0.847. The zero-order valence-electron chi connectivity index (χ0n) is 11.4. The molecule has 1 aromatic heterocycles. The molecule has 0 aromatic carbocycles. The second-order valence-corrected chi connectivity index (χ2v) is 5.45. The predicted molar refractivity (Wildman–Crippen MR) is 69.2 cm³/mol. The third kappa shape index (κ3) is 3.21. The predicted octanol–water partition coefficient (Wildman–Crippen LogP) is 3.60. The third-order valence-corrected chi connectivity index (χ3v) is 3.11. The molecule has 0 saturated heterocycles. The molecule has 0 bridgehead atoms. The average molecular weight is 283 g/mol. The van der Waals surface area contributed by atoms with Crippen LogP contribution >= 0.6 is 0 Å². The highest BCUT2D eigenvalue weighted by Crippen LogP contribution is 2.35. The maximum Gasteiger partial charge on any atom is 0.433 e. The van der Waals surface area contributed by atoms with E-state index in [9.17, 15) is 13.2 Å². The van der Waals surface area contributed by atoms with Crippen LogP contribution in [0.4, 0.5) is 19.0 Å². The van der Waals surface area contributed by atoms with Crippen LogP contribution in [0.3, 0.4) is 0 Å². The summed E-state index contributed by atoms with van der Waals surface area (Å²) in [4.78, 5) is 5.55. The van der Waals surface area contributed by atoms with Gasteiger partial charge >= 0.3 is 6.18 Å². The van der Waals surface area contributed by atoms with Crippen molar-refractivity contribution in [2.24, 2.45) is 5.92 Å². The Labute approximate surface area is 116 Å². The van der Waals surface area contributed by atoms with Crippen LogP contribution in [0.25, 0.3) is 0 Å². The summed E-state index contributed by atoms with van der Waals surface area (Å²) in [6.07, 6.45) is -2.61. The fourth-order valence-electron chi connectivity index (χ4n) is 2.10. The second kappa shape index (κ2) is 5.31. The Morgan fingerprint density at radius 1 is 1.40 bits per heavy atom. The van der Waals surface area contributed by atoms with E-state index in [-0.39, 0.29) is 17.4 Å². The van der Waals surface area contributed by atoms with Gasteiger partial charge in [0.25, 0.3) is 0 Å². The number of halogens is 3. The lowest BCUT2D eigenvalue weighted by atomic mass is 10.1. The lowest BCUT2D eigenvalue weighted by Crippen LogP contribution is -2.32. The summed E-state index contributed by atoms with van der Waals surface area (Å²) < 4.78 is 38.3. The van der Waals surface area contributed by atoms with Crippen LogP contribution in [-0.4, -0.2) is 17.6 Å². The van der Waals surface area contributed by atoms with E-state index in [0.29, 0.717) is 12.5 Å². The first-order valence-corrected chi connectivity index (χ1v) is 6.58. The smallest absolute Gasteiger partial charge is 0.352 e. The Morgan fingerprint density at radius 3 is 2.50 bits per heavy atom. The van der Waals surface area contributed by atoms with Gasteiger partial charge in [-0.3, -0.25) is 0 Å². The van der Waals surface area contributed by atoms with Gasteiger partial charge in [-0.2, -0.15) is 18.4 Å². The van der Waals surface area contributed by atoms with Crippen molar-refractivity contribution in [2.45, 2.75) is 38.9 Å². The number of anilines is 1. The summed E-state index contributed by atoms with van der Waals surface area (Å²) in [5, 5.41) is 9.10. The molecule has 0 unspecified atom stereocenters. The first-order chi connectivity index (χ1) is 9.32. The van der Waals surface area contributed by atoms with Crippen LogP contribution < -0.4 is 4.90 Å². The van der Waals surface area contributed by atoms with Crippen molar-refractivity contribution in [1.29, 1.82) is 5.26 Å². The summed E-state index contributed by atoms with van der Waals surface area (Å²) in [6.45, 7) is 4.59. The lowest BCUT2D eigenvalue weighted by molar-refractivity contribution is -0.141. The number of rotatable bonds is 4. The maximum atomic E-state index is 12.8. The van der Waals surface area contributed by atoms with E-state index in [0.717, 1.165) is 18.9 Å². The highest BCUT2D eigenvalue weighted by atomic mass is 19.4. The Bertz CT molecular complexity index is 527. The molecule has 2 rings (SSSR count). The molecule has 1 aliphatic carbocycles. The van der Waals surface area contributed by atoms with Crippen LogP contribution in [0.5, 0.6) is 0 Å². The van der Waals surface area contributed by atoms with Crippen LogP contribution in [0.1, 0.15) is 37.9 Å².